The molecule has 1 aliphatic rings. The van der Waals surface area contributed by atoms with E-state index in [4.69, 9.17) is 28.9 Å². The summed E-state index contributed by atoms with van der Waals surface area (Å²) >= 11 is 13.2. The number of aryl methyl sites for hydroxylation is 1. The summed E-state index contributed by atoms with van der Waals surface area (Å²) in [5, 5.41) is 0. The predicted octanol–water partition coefficient (Wildman–Crippen LogP) is 2.71. The molecule has 1 aromatic heterocycles. The van der Waals surface area contributed by atoms with Gasteiger partial charge in [0.25, 0.3) is 0 Å². The summed E-state index contributed by atoms with van der Waals surface area (Å²) in [5.74, 6) is -0.435. The minimum atomic E-state index is -0.319. The Morgan fingerprint density at radius 2 is 2.20 bits per heavy atom. The molecule has 20 heavy (non-hydrogen) atoms. The Kier molecular flexibility index (Phi) is 5.29. The van der Waals surface area contributed by atoms with Gasteiger partial charge in [0, 0.05) is 19.5 Å². The number of rotatable bonds is 5. The van der Waals surface area contributed by atoms with Crippen LogP contribution in [-0.4, -0.2) is 29.8 Å². The molecule has 4 nitrogen and oxygen atoms in total. The Balaban J connectivity index is 1.76. The maximum Gasteiger partial charge on any atom is 0.222 e. The molecular weight excluding hydrogens is 319 g/mol. The minimum Gasteiger partial charge on any atom is -0.369 e. The molecule has 0 spiro atoms. The van der Waals surface area contributed by atoms with Crippen molar-refractivity contribution >= 4 is 46.4 Å². The largest absolute Gasteiger partial charge is 0.369 e. The zero-order valence-corrected chi connectivity index (χ0v) is 13.2. The van der Waals surface area contributed by atoms with Gasteiger partial charge in [0.1, 0.15) is 0 Å². The highest BCUT2D eigenvalue weighted by molar-refractivity contribution is 7.20. The first kappa shape index (κ1) is 15.6. The fourth-order valence-corrected chi connectivity index (χ4v) is 3.90. The van der Waals surface area contributed by atoms with Crippen molar-refractivity contribution in [1.29, 1.82) is 0 Å². The van der Waals surface area contributed by atoms with Crippen molar-refractivity contribution < 1.29 is 9.59 Å². The molecule has 2 rings (SSSR count). The lowest BCUT2D eigenvalue weighted by molar-refractivity contribution is -0.130. The number of amides is 2. The highest BCUT2D eigenvalue weighted by atomic mass is 35.5. The number of carbonyl (C=O) groups excluding carboxylic acids is 2. The van der Waals surface area contributed by atoms with E-state index < -0.39 is 0 Å². The van der Waals surface area contributed by atoms with Crippen molar-refractivity contribution in [1.82, 2.24) is 4.90 Å². The van der Waals surface area contributed by atoms with Crippen molar-refractivity contribution in [3.8, 4) is 0 Å². The fourth-order valence-electron chi connectivity index (χ4n) is 2.35. The van der Waals surface area contributed by atoms with E-state index in [-0.39, 0.29) is 17.7 Å². The molecule has 0 radical (unpaired) electrons. The van der Waals surface area contributed by atoms with E-state index in [1.54, 1.807) is 4.90 Å². The first-order valence-corrected chi connectivity index (χ1v) is 8.05. The smallest absolute Gasteiger partial charge is 0.222 e. The van der Waals surface area contributed by atoms with Crippen LogP contribution in [0.2, 0.25) is 8.67 Å². The molecule has 1 atom stereocenters. The van der Waals surface area contributed by atoms with E-state index >= 15 is 0 Å². The zero-order valence-electron chi connectivity index (χ0n) is 10.9. The van der Waals surface area contributed by atoms with Crippen LogP contribution in [0, 0.1) is 5.92 Å². The van der Waals surface area contributed by atoms with Gasteiger partial charge in [0.05, 0.1) is 14.6 Å². The van der Waals surface area contributed by atoms with Crippen LogP contribution in [0.4, 0.5) is 0 Å². The van der Waals surface area contributed by atoms with Crippen LogP contribution in [0.3, 0.4) is 0 Å². The third-order valence-corrected chi connectivity index (χ3v) is 5.08. The number of primary amides is 1. The van der Waals surface area contributed by atoms with Crippen molar-refractivity contribution in [3.63, 3.8) is 0 Å². The second kappa shape index (κ2) is 6.78. The molecule has 7 heteroatoms. The third-order valence-electron chi connectivity index (χ3n) is 3.51. The first-order valence-electron chi connectivity index (χ1n) is 6.48. The Morgan fingerprint density at radius 1 is 1.45 bits per heavy atom. The number of hydrogen-bond donors (Lipinski definition) is 1. The van der Waals surface area contributed by atoms with Gasteiger partial charge in [-0.25, -0.2) is 0 Å². The second-order valence-corrected chi connectivity index (χ2v) is 7.22. The predicted molar refractivity (Wildman–Crippen MR) is 81.2 cm³/mol. The second-order valence-electron chi connectivity index (χ2n) is 4.93. The van der Waals surface area contributed by atoms with Gasteiger partial charge in [-0.2, -0.15) is 0 Å². The highest BCUT2D eigenvalue weighted by Crippen LogP contribution is 2.32. The van der Waals surface area contributed by atoms with Crippen LogP contribution in [0.15, 0.2) is 6.07 Å². The average Bonchev–Trinajstić information content (AvgIpc) is 2.97. The monoisotopic (exact) mass is 334 g/mol. The van der Waals surface area contributed by atoms with E-state index in [9.17, 15) is 9.59 Å². The fraction of sp³-hybridized carbons (Fsp3) is 0.538. The molecule has 1 unspecified atom stereocenters. The number of carbonyl (C=O) groups is 2. The van der Waals surface area contributed by atoms with E-state index in [0.717, 1.165) is 18.4 Å². The average molecular weight is 335 g/mol. The van der Waals surface area contributed by atoms with Crippen molar-refractivity contribution in [2.75, 3.05) is 13.1 Å². The Labute approximate surface area is 131 Å². The van der Waals surface area contributed by atoms with E-state index in [0.29, 0.717) is 34.6 Å². The summed E-state index contributed by atoms with van der Waals surface area (Å²) in [6.07, 6.45) is 2.59. The zero-order chi connectivity index (χ0) is 14.7. The Morgan fingerprint density at radius 3 is 2.75 bits per heavy atom. The lowest BCUT2D eigenvalue weighted by Gasteiger charge is -2.15. The third kappa shape index (κ3) is 3.87. The molecule has 1 fully saturated rings. The SMILES string of the molecule is NC(=O)C1CCN(C(=O)CCCc2cc(Cl)sc2Cl)C1. The van der Waals surface area contributed by atoms with Crippen molar-refractivity contribution in [3.05, 3.63) is 20.3 Å². The molecule has 0 bridgehead atoms. The summed E-state index contributed by atoms with van der Waals surface area (Å²) < 4.78 is 1.36. The van der Waals surface area contributed by atoms with E-state index in [1.165, 1.54) is 11.3 Å². The van der Waals surface area contributed by atoms with Gasteiger partial charge in [0.15, 0.2) is 0 Å². The summed E-state index contributed by atoms with van der Waals surface area (Å²) in [5.41, 5.74) is 6.24. The van der Waals surface area contributed by atoms with Crippen molar-refractivity contribution in [2.24, 2.45) is 11.7 Å². The standard InChI is InChI=1S/C13H16Cl2N2O2S/c14-10-6-8(12(15)20-10)2-1-3-11(18)17-5-4-9(7-17)13(16)19/h6,9H,1-5,7H2,(H2,16,19). The van der Waals surface area contributed by atoms with Crippen LogP contribution in [0.1, 0.15) is 24.8 Å². The van der Waals surface area contributed by atoms with Gasteiger partial charge in [-0.1, -0.05) is 23.2 Å². The number of nitrogens with two attached hydrogens (primary N) is 1. The van der Waals surface area contributed by atoms with Gasteiger partial charge in [-0.15, -0.1) is 11.3 Å². The normalized spacial score (nSPS) is 18.5. The molecule has 2 heterocycles. The molecule has 0 aromatic carbocycles. The lowest BCUT2D eigenvalue weighted by atomic mass is 10.1. The molecule has 2 N–H and O–H groups in total. The molecule has 110 valence electrons. The molecule has 0 aliphatic carbocycles. The first-order chi connectivity index (χ1) is 9.47. The number of halogens is 2. The number of nitrogens with zero attached hydrogens (tertiary/aromatic N) is 1. The summed E-state index contributed by atoms with van der Waals surface area (Å²) in [4.78, 5) is 24.8. The number of thiophene rings is 1. The molecule has 1 aromatic rings. The van der Waals surface area contributed by atoms with E-state index in [1.807, 2.05) is 6.07 Å². The topological polar surface area (TPSA) is 63.4 Å². The van der Waals surface area contributed by atoms with Gasteiger partial charge in [-0.05, 0) is 30.9 Å². The van der Waals surface area contributed by atoms with Gasteiger partial charge in [0.2, 0.25) is 11.8 Å². The quantitative estimate of drug-likeness (QED) is 0.899. The molecule has 0 saturated carbocycles. The van der Waals surface area contributed by atoms with Crippen molar-refractivity contribution in [2.45, 2.75) is 25.7 Å². The van der Waals surface area contributed by atoms with E-state index in [2.05, 4.69) is 0 Å². The maximum atomic E-state index is 12.0. The van der Waals surface area contributed by atoms with Crippen LogP contribution in [0.25, 0.3) is 0 Å². The Bertz CT molecular complexity index is 518. The van der Waals surface area contributed by atoms with Crippen LogP contribution >= 0.6 is 34.5 Å². The highest BCUT2D eigenvalue weighted by Gasteiger charge is 2.29. The molecular formula is C13H16Cl2N2O2S. The molecule has 1 saturated heterocycles. The lowest BCUT2D eigenvalue weighted by Crippen LogP contribution is -2.31. The van der Waals surface area contributed by atoms with Gasteiger partial charge < -0.3 is 10.6 Å². The number of hydrogen-bond acceptors (Lipinski definition) is 3. The Hall–Kier alpha value is -0.780. The van der Waals surface area contributed by atoms with Gasteiger partial charge >= 0.3 is 0 Å². The van der Waals surface area contributed by atoms with Crippen LogP contribution < -0.4 is 5.73 Å². The molecule has 2 amide bonds. The summed E-state index contributed by atoms with van der Waals surface area (Å²) in [6, 6.07) is 1.85. The summed E-state index contributed by atoms with van der Waals surface area (Å²) in [6.45, 7) is 1.08. The van der Waals surface area contributed by atoms with Crippen LogP contribution in [0.5, 0.6) is 0 Å². The summed E-state index contributed by atoms with van der Waals surface area (Å²) in [7, 11) is 0. The minimum absolute atomic E-state index is 0.0752. The maximum absolute atomic E-state index is 12.0. The van der Waals surface area contributed by atoms with Crippen LogP contribution in [-0.2, 0) is 16.0 Å². The molecule has 1 aliphatic heterocycles. The number of likely N-dealkylation sites (tertiary alicyclic amines) is 1. The van der Waals surface area contributed by atoms with Gasteiger partial charge in [-0.3, -0.25) is 9.59 Å².